The highest BCUT2D eigenvalue weighted by Gasteiger charge is 2.22. The molecule has 1 atom stereocenters. The van der Waals surface area contributed by atoms with E-state index in [1.807, 2.05) is 0 Å². The fraction of sp³-hybridized carbons (Fsp3) is 0.333. The first-order chi connectivity index (χ1) is 4.27. The third-order valence-corrected chi connectivity index (χ3v) is 0.999. The van der Waals surface area contributed by atoms with Crippen LogP contribution in [0.15, 0.2) is 22.1 Å². The summed E-state index contributed by atoms with van der Waals surface area (Å²) >= 11 is 0. The fourth-order valence-corrected chi connectivity index (χ4v) is 0.636. The van der Waals surface area contributed by atoms with Crippen LogP contribution in [-0.4, -0.2) is 25.3 Å². The van der Waals surface area contributed by atoms with Crippen molar-refractivity contribution < 1.29 is 4.39 Å². The number of aliphatic imine (C=N–C) groups is 2. The largest absolute Gasteiger partial charge is 0.295 e. The maximum absolute atomic E-state index is 12.9. The van der Waals surface area contributed by atoms with Crippen LogP contribution in [-0.2, 0) is 0 Å². The zero-order valence-corrected chi connectivity index (χ0v) is 5.08. The Labute approximate surface area is 52.8 Å². The van der Waals surface area contributed by atoms with Crippen LogP contribution in [0.4, 0.5) is 4.39 Å². The Morgan fingerprint density at radius 2 is 2.56 bits per heavy atom. The normalized spacial score (nSPS) is 32.7. The van der Waals surface area contributed by atoms with Crippen LogP contribution in [0, 0.1) is 0 Å². The van der Waals surface area contributed by atoms with Gasteiger partial charge in [0, 0.05) is 13.3 Å². The molecule has 1 aliphatic heterocycles. The summed E-state index contributed by atoms with van der Waals surface area (Å²) in [7, 11) is 1.52. The number of alkyl halides is 1. The average Bonchev–Trinajstić information content (AvgIpc) is 2.16. The zero-order valence-electron chi connectivity index (χ0n) is 5.08. The van der Waals surface area contributed by atoms with Crippen molar-refractivity contribution in [1.82, 2.24) is 0 Å². The summed E-state index contributed by atoms with van der Waals surface area (Å²) in [5.74, 6) is -1.66. The van der Waals surface area contributed by atoms with Crippen LogP contribution in [0.25, 0.3) is 0 Å². The van der Waals surface area contributed by atoms with Crippen LogP contribution in [0.3, 0.4) is 0 Å². The number of rotatable bonds is 1. The van der Waals surface area contributed by atoms with Gasteiger partial charge >= 0.3 is 0 Å². The van der Waals surface area contributed by atoms with Crippen molar-refractivity contribution in [3.8, 4) is 0 Å². The van der Waals surface area contributed by atoms with Crippen molar-refractivity contribution in [2.75, 3.05) is 7.05 Å². The maximum atomic E-state index is 12.9. The average molecular weight is 126 g/mol. The first kappa shape index (κ1) is 6.13. The Bertz CT molecular complexity index is 169. The Balaban J connectivity index is 2.75. The lowest BCUT2D eigenvalue weighted by atomic mass is 10.3. The van der Waals surface area contributed by atoms with Crippen LogP contribution in [0.2, 0.25) is 0 Å². The zero-order chi connectivity index (χ0) is 6.74. The lowest BCUT2D eigenvalue weighted by Crippen LogP contribution is -2.15. The van der Waals surface area contributed by atoms with E-state index < -0.39 is 5.79 Å². The fourth-order valence-electron chi connectivity index (χ4n) is 0.636. The molecule has 3 heteroatoms. The summed E-state index contributed by atoms with van der Waals surface area (Å²) in [6.45, 7) is 0. The van der Waals surface area contributed by atoms with Crippen LogP contribution in [0.1, 0.15) is 0 Å². The number of allylic oxidation sites excluding steroid dienone is 1. The molecule has 48 valence electrons. The van der Waals surface area contributed by atoms with E-state index >= 15 is 0 Å². The van der Waals surface area contributed by atoms with E-state index in [0.29, 0.717) is 0 Å². The summed E-state index contributed by atoms with van der Waals surface area (Å²) in [6.07, 6.45) is 5.48. The van der Waals surface area contributed by atoms with Gasteiger partial charge in [-0.2, -0.15) is 0 Å². The van der Waals surface area contributed by atoms with Crippen LogP contribution < -0.4 is 0 Å². The molecule has 1 heterocycles. The summed E-state index contributed by atoms with van der Waals surface area (Å²) in [5.41, 5.74) is 0. The van der Waals surface area contributed by atoms with Crippen molar-refractivity contribution >= 4 is 12.4 Å². The second-order valence-electron chi connectivity index (χ2n) is 1.75. The molecule has 0 bridgehead atoms. The predicted octanol–water partition coefficient (Wildman–Crippen LogP) is 0.993. The highest BCUT2D eigenvalue weighted by Crippen LogP contribution is 2.15. The molecule has 0 saturated heterocycles. The van der Waals surface area contributed by atoms with Gasteiger partial charge in [0.2, 0.25) is 0 Å². The number of nitrogens with zero attached hydrogens (tertiary/aromatic N) is 2. The van der Waals surface area contributed by atoms with Gasteiger partial charge in [-0.05, 0) is 12.2 Å². The molecule has 9 heavy (non-hydrogen) atoms. The van der Waals surface area contributed by atoms with E-state index in [2.05, 4.69) is 9.98 Å². The molecule has 0 saturated carbocycles. The lowest BCUT2D eigenvalue weighted by molar-refractivity contribution is 0.351. The van der Waals surface area contributed by atoms with Crippen molar-refractivity contribution in [3.05, 3.63) is 12.2 Å². The summed E-state index contributed by atoms with van der Waals surface area (Å²) < 4.78 is 12.9. The van der Waals surface area contributed by atoms with Crippen molar-refractivity contribution in [2.24, 2.45) is 9.98 Å². The van der Waals surface area contributed by atoms with Gasteiger partial charge in [-0.3, -0.25) is 4.99 Å². The van der Waals surface area contributed by atoms with Crippen molar-refractivity contribution in [1.29, 1.82) is 0 Å². The minimum atomic E-state index is -1.66. The maximum Gasteiger partial charge on any atom is 0.254 e. The van der Waals surface area contributed by atoms with Gasteiger partial charge in [-0.1, -0.05) is 0 Å². The van der Waals surface area contributed by atoms with E-state index in [0.717, 1.165) is 6.21 Å². The van der Waals surface area contributed by atoms with Gasteiger partial charge in [0.05, 0.1) is 6.21 Å². The Hall–Kier alpha value is -0.990. The van der Waals surface area contributed by atoms with Gasteiger partial charge in [0.1, 0.15) is 0 Å². The number of hydrogen-bond acceptors (Lipinski definition) is 2. The molecule has 0 aliphatic carbocycles. The third-order valence-electron chi connectivity index (χ3n) is 0.999. The number of hydrogen-bond donors (Lipinski definition) is 0. The minimum absolute atomic E-state index is 1.16. The lowest BCUT2D eigenvalue weighted by Gasteiger charge is -2.03. The molecule has 2 nitrogen and oxygen atoms in total. The minimum Gasteiger partial charge on any atom is -0.295 e. The van der Waals surface area contributed by atoms with Gasteiger partial charge in [0.25, 0.3) is 5.79 Å². The summed E-state index contributed by atoms with van der Waals surface area (Å²) in [6, 6.07) is 0. The first-order valence-electron chi connectivity index (χ1n) is 2.62. The van der Waals surface area contributed by atoms with Gasteiger partial charge in [0.15, 0.2) is 0 Å². The van der Waals surface area contributed by atoms with Gasteiger partial charge in [-0.25, -0.2) is 9.38 Å². The van der Waals surface area contributed by atoms with E-state index in [1.165, 1.54) is 19.3 Å². The predicted molar refractivity (Wildman–Crippen MR) is 35.9 cm³/mol. The van der Waals surface area contributed by atoms with E-state index in [9.17, 15) is 4.39 Å². The molecule has 0 fully saturated rings. The van der Waals surface area contributed by atoms with E-state index in [4.69, 9.17) is 0 Å². The molecule has 0 radical (unpaired) electrons. The highest BCUT2D eigenvalue weighted by atomic mass is 19.1. The van der Waals surface area contributed by atoms with Gasteiger partial charge < -0.3 is 0 Å². The second kappa shape index (κ2) is 2.09. The number of halogens is 1. The van der Waals surface area contributed by atoms with Crippen molar-refractivity contribution in [3.63, 3.8) is 0 Å². The second-order valence-corrected chi connectivity index (χ2v) is 1.75. The van der Waals surface area contributed by atoms with Crippen LogP contribution in [0.5, 0.6) is 0 Å². The molecule has 1 unspecified atom stereocenters. The molecule has 0 aromatic heterocycles. The quantitative estimate of drug-likeness (QED) is 0.370. The topological polar surface area (TPSA) is 24.7 Å². The molecule has 1 aliphatic rings. The molecule has 0 aromatic carbocycles. The molecule has 0 N–H and O–H groups in total. The Morgan fingerprint density at radius 1 is 1.78 bits per heavy atom. The summed E-state index contributed by atoms with van der Waals surface area (Å²) in [4.78, 5) is 7.03. The molecule has 1 rings (SSSR count). The Kier molecular flexibility index (Phi) is 1.42. The van der Waals surface area contributed by atoms with E-state index in [-0.39, 0.29) is 0 Å². The monoisotopic (exact) mass is 126 g/mol. The van der Waals surface area contributed by atoms with E-state index in [1.54, 1.807) is 6.08 Å². The SMILES string of the molecule is CN=CC1(F)C=CC=N1. The molecule has 0 aromatic rings. The standard InChI is InChI=1S/C6H7FN2/c1-8-5-6(7)3-2-4-9-6/h2-5H,1H3. The van der Waals surface area contributed by atoms with Crippen LogP contribution >= 0.6 is 0 Å². The highest BCUT2D eigenvalue weighted by molar-refractivity contribution is 5.84. The molecular weight excluding hydrogens is 119 g/mol. The molecule has 0 amide bonds. The van der Waals surface area contributed by atoms with Crippen molar-refractivity contribution in [2.45, 2.75) is 5.79 Å². The van der Waals surface area contributed by atoms with Gasteiger partial charge in [-0.15, -0.1) is 0 Å². The first-order valence-corrected chi connectivity index (χ1v) is 2.62. The summed E-state index contributed by atoms with van der Waals surface area (Å²) in [5, 5.41) is 0. The third kappa shape index (κ3) is 1.22. The smallest absolute Gasteiger partial charge is 0.254 e. The Morgan fingerprint density at radius 3 is 3.00 bits per heavy atom. The molecule has 0 spiro atoms. The molecular formula is C6H7FN2.